The summed E-state index contributed by atoms with van der Waals surface area (Å²) in [5.74, 6) is 0. The number of hydrogen-bond donors (Lipinski definition) is 0. The summed E-state index contributed by atoms with van der Waals surface area (Å²) in [6.45, 7) is 0. The molecule has 76 valence electrons. The molecule has 6 heteroatoms. The third-order valence-corrected chi connectivity index (χ3v) is 2.24. The SMILES string of the molecule is O=C(Cl)Sc1cccc(C(F)(F)F)c1. The van der Waals surface area contributed by atoms with Gasteiger partial charge in [-0.3, -0.25) is 4.79 Å². The Hall–Kier alpha value is -0.680. The summed E-state index contributed by atoms with van der Waals surface area (Å²) in [6.07, 6.45) is -4.40. The lowest BCUT2D eigenvalue weighted by molar-refractivity contribution is -0.137. The van der Waals surface area contributed by atoms with Crippen molar-refractivity contribution < 1.29 is 18.0 Å². The Bertz CT molecular complexity index is 351. The van der Waals surface area contributed by atoms with Crippen molar-refractivity contribution in [2.24, 2.45) is 0 Å². The molecule has 1 nitrogen and oxygen atoms in total. The third kappa shape index (κ3) is 3.23. The molecule has 0 spiro atoms. The van der Waals surface area contributed by atoms with E-state index in [0.29, 0.717) is 11.8 Å². The zero-order valence-electron chi connectivity index (χ0n) is 6.64. The summed E-state index contributed by atoms with van der Waals surface area (Å²) >= 11 is 5.58. The lowest BCUT2D eigenvalue weighted by Crippen LogP contribution is -2.04. The molecule has 0 aliphatic heterocycles. The molecule has 1 aromatic rings. The summed E-state index contributed by atoms with van der Waals surface area (Å²) in [4.78, 5) is 10.6. The van der Waals surface area contributed by atoms with Crippen molar-refractivity contribution in [2.75, 3.05) is 0 Å². The number of carbonyl (C=O) groups is 1. The topological polar surface area (TPSA) is 17.1 Å². The Labute approximate surface area is 87.2 Å². The Morgan fingerprint density at radius 3 is 2.50 bits per heavy atom. The van der Waals surface area contributed by atoms with Crippen molar-refractivity contribution in [3.63, 3.8) is 0 Å². The van der Waals surface area contributed by atoms with Crippen LogP contribution in [-0.4, -0.2) is 4.57 Å². The van der Waals surface area contributed by atoms with Gasteiger partial charge < -0.3 is 0 Å². The van der Waals surface area contributed by atoms with Crippen LogP contribution < -0.4 is 0 Å². The van der Waals surface area contributed by atoms with Gasteiger partial charge in [-0.15, -0.1) is 0 Å². The molecule has 1 aromatic carbocycles. The lowest BCUT2D eigenvalue weighted by Gasteiger charge is -2.06. The summed E-state index contributed by atoms with van der Waals surface area (Å²) in [7, 11) is 0. The first kappa shape index (κ1) is 11.4. The highest BCUT2D eigenvalue weighted by molar-refractivity contribution is 8.16. The summed E-state index contributed by atoms with van der Waals surface area (Å²) in [5, 5.41) is 0. The molecule has 0 aliphatic carbocycles. The second kappa shape index (κ2) is 4.23. The van der Waals surface area contributed by atoms with Gasteiger partial charge in [0, 0.05) is 4.90 Å². The summed E-state index contributed by atoms with van der Waals surface area (Å²) in [5.41, 5.74) is -0.791. The van der Waals surface area contributed by atoms with Crippen molar-refractivity contribution in [2.45, 2.75) is 11.1 Å². The van der Waals surface area contributed by atoms with E-state index in [1.54, 1.807) is 0 Å². The number of benzene rings is 1. The van der Waals surface area contributed by atoms with E-state index in [4.69, 9.17) is 11.6 Å². The maximum atomic E-state index is 12.2. The number of halogens is 4. The third-order valence-electron chi connectivity index (χ3n) is 1.36. The Kier molecular flexibility index (Phi) is 3.44. The summed E-state index contributed by atoms with van der Waals surface area (Å²) < 4.78 is 35.8. The van der Waals surface area contributed by atoms with E-state index in [1.165, 1.54) is 12.1 Å². The molecule has 0 atom stereocenters. The average molecular weight is 241 g/mol. The fourth-order valence-corrected chi connectivity index (χ4v) is 1.61. The van der Waals surface area contributed by atoms with Gasteiger partial charge in [0.15, 0.2) is 0 Å². The van der Waals surface area contributed by atoms with Crippen molar-refractivity contribution in [3.05, 3.63) is 29.8 Å². The van der Waals surface area contributed by atoms with Crippen LogP contribution in [0.15, 0.2) is 29.2 Å². The molecule has 0 radical (unpaired) electrons. The second-order valence-electron chi connectivity index (χ2n) is 2.37. The fraction of sp³-hybridized carbons (Fsp3) is 0.125. The quantitative estimate of drug-likeness (QED) is 0.542. The van der Waals surface area contributed by atoms with Crippen LogP contribution in [0.5, 0.6) is 0 Å². The van der Waals surface area contributed by atoms with Gasteiger partial charge >= 0.3 is 6.18 Å². The highest BCUT2D eigenvalue weighted by atomic mass is 35.5. The first-order valence-corrected chi connectivity index (χ1v) is 4.63. The van der Waals surface area contributed by atoms with Crippen LogP contribution in [0.1, 0.15) is 5.56 Å². The molecule has 14 heavy (non-hydrogen) atoms. The van der Waals surface area contributed by atoms with Gasteiger partial charge in [-0.1, -0.05) is 6.07 Å². The largest absolute Gasteiger partial charge is 0.416 e. The summed E-state index contributed by atoms with van der Waals surface area (Å²) in [6, 6.07) is 4.43. The molecule has 0 fully saturated rings. The Morgan fingerprint density at radius 2 is 2.00 bits per heavy atom. The molecule has 0 aliphatic rings. The van der Waals surface area contributed by atoms with Crippen LogP contribution in [0.25, 0.3) is 0 Å². The normalized spacial score (nSPS) is 11.4. The number of hydrogen-bond acceptors (Lipinski definition) is 2. The van der Waals surface area contributed by atoms with Crippen LogP contribution >= 0.6 is 23.4 Å². The number of alkyl halides is 3. The minimum absolute atomic E-state index is 0.180. The van der Waals surface area contributed by atoms with Crippen molar-refractivity contribution in [1.29, 1.82) is 0 Å². The van der Waals surface area contributed by atoms with Gasteiger partial charge in [-0.05, 0) is 41.6 Å². The van der Waals surface area contributed by atoms with Gasteiger partial charge in [0.25, 0.3) is 4.57 Å². The molecule has 0 aromatic heterocycles. The highest BCUT2D eigenvalue weighted by Crippen LogP contribution is 2.32. The number of carbonyl (C=O) groups excluding carboxylic acids is 1. The van der Waals surface area contributed by atoms with E-state index in [0.717, 1.165) is 12.1 Å². The number of rotatable bonds is 1. The first-order chi connectivity index (χ1) is 6.39. The van der Waals surface area contributed by atoms with E-state index >= 15 is 0 Å². The van der Waals surface area contributed by atoms with Crippen LogP contribution in [0, 0.1) is 0 Å². The minimum Gasteiger partial charge on any atom is -0.268 e. The predicted octanol–water partition coefficient (Wildman–Crippen LogP) is 4.16. The second-order valence-corrected chi connectivity index (χ2v) is 3.98. The zero-order valence-corrected chi connectivity index (χ0v) is 8.21. The van der Waals surface area contributed by atoms with Gasteiger partial charge in [-0.25, -0.2) is 0 Å². The smallest absolute Gasteiger partial charge is 0.268 e. The predicted molar refractivity (Wildman–Crippen MR) is 48.6 cm³/mol. The zero-order chi connectivity index (χ0) is 10.8. The van der Waals surface area contributed by atoms with Gasteiger partial charge in [0.1, 0.15) is 0 Å². The first-order valence-electron chi connectivity index (χ1n) is 3.44. The van der Waals surface area contributed by atoms with Crippen LogP contribution in [0.3, 0.4) is 0 Å². The maximum absolute atomic E-state index is 12.2. The van der Waals surface area contributed by atoms with Crippen molar-refractivity contribution >= 4 is 27.9 Å². The van der Waals surface area contributed by atoms with Crippen LogP contribution in [0.4, 0.5) is 18.0 Å². The van der Waals surface area contributed by atoms with Gasteiger partial charge in [0.2, 0.25) is 0 Å². The molecule has 0 saturated carbocycles. The molecular weight excluding hydrogens is 237 g/mol. The number of thioether (sulfide) groups is 1. The molecule has 0 heterocycles. The Morgan fingerprint density at radius 1 is 1.36 bits per heavy atom. The standard InChI is InChI=1S/C8H4ClF3OS/c9-7(13)14-6-3-1-2-5(4-6)8(10,11)12/h1-4H. The van der Waals surface area contributed by atoms with Gasteiger partial charge in [0.05, 0.1) is 5.56 Å². The van der Waals surface area contributed by atoms with Crippen molar-refractivity contribution in [3.8, 4) is 0 Å². The maximum Gasteiger partial charge on any atom is 0.416 e. The van der Waals surface area contributed by atoms with E-state index < -0.39 is 16.3 Å². The van der Waals surface area contributed by atoms with Crippen LogP contribution in [-0.2, 0) is 6.18 Å². The average Bonchev–Trinajstić information content (AvgIpc) is 2.01. The minimum atomic E-state index is -4.40. The van der Waals surface area contributed by atoms with E-state index in [-0.39, 0.29) is 4.90 Å². The molecule has 0 saturated heterocycles. The molecular formula is C8H4ClF3OS. The van der Waals surface area contributed by atoms with E-state index in [9.17, 15) is 18.0 Å². The molecule has 1 rings (SSSR count). The molecule has 0 amide bonds. The molecule has 0 bridgehead atoms. The fourth-order valence-electron chi connectivity index (χ4n) is 0.829. The Balaban J connectivity index is 2.95. The lowest BCUT2D eigenvalue weighted by atomic mass is 10.2. The van der Waals surface area contributed by atoms with E-state index in [1.807, 2.05) is 0 Å². The molecule has 0 N–H and O–H groups in total. The van der Waals surface area contributed by atoms with E-state index in [2.05, 4.69) is 0 Å². The highest BCUT2D eigenvalue weighted by Gasteiger charge is 2.30. The van der Waals surface area contributed by atoms with Gasteiger partial charge in [-0.2, -0.15) is 13.2 Å². The molecule has 0 unspecified atom stereocenters. The van der Waals surface area contributed by atoms with Crippen LogP contribution in [0.2, 0.25) is 0 Å². The monoisotopic (exact) mass is 240 g/mol. The van der Waals surface area contributed by atoms with Crippen molar-refractivity contribution in [1.82, 2.24) is 0 Å².